The van der Waals surface area contributed by atoms with Gasteiger partial charge in [-0.05, 0) is 24.6 Å². The Labute approximate surface area is 115 Å². The van der Waals surface area contributed by atoms with Crippen molar-refractivity contribution >= 4 is 26.2 Å². The molecule has 1 aliphatic rings. The van der Waals surface area contributed by atoms with E-state index in [4.69, 9.17) is 8.92 Å². The van der Waals surface area contributed by atoms with Crippen LogP contribution in [0, 0.1) is 0 Å². The summed E-state index contributed by atoms with van der Waals surface area (Å²) < 4.78 is 35.2. The molecule has 7 heteroatoms. The van der Waals surface area contributed by atoms with E-state index in [1.165, 1.54) is 0 Å². The van der Waals surface area contributed by atoms with Gasteiger partial charge in [-0.1, -0.05) is 28.1 Å². The van der Waals surface area contributed by atoms with E-state index in [2.05, 4.69) is 20.7 Å². The number of halogens is 1. The van der Waals surface area contributed by atoms with Crippen LogP contribution in [0.1, 0.15) is 12.5 Å². The van der Waals surface area contributed by atoms with Gasteiger partial charge in [0.15, 0.2) is 0 Å². The van der Waals surface area contributed by atoms with Crippen LogP contribution in [0.2, 0.25) is 0 Å². The second-order valence-corrected chi connectivity index (χ2v) is 6.35. The molecule has 1 heterocycles. The number of rotatable bonds is 4. The fourth-order valence-electron chi connectivity index (χ4n) is 1.75. The lowest BCUT2D eigenvalue weighted by molar-refractivity contribution is 0.286. The number of nitrogens with one attached hydrogen (secondary N) is 1. The highest BCUT2D eigenvalue weighted by atomic mass is 79.9. The molecule has 0 saturated carbocycles. The Bertz CT molecular complexity index is 516. The summed E-state index contributed by atoms with van der Waals surface area (Å²) in [5, 5.41) is 0.764. The Morgan fingerprint density at radius 2 is 2.11 bits per heavy atom. The summed E-state index contributed by atoms with van der Waals surface area (Å²) in [4.78, 5) is 0. The SMILES string of the molecule is C[C@@]1(c2ccc(OCCBr)cc2)COS(=O)(=O)N1. The summed E-state index contributed by atoms with van der Waals surface area (Å²) in [7, 11) is -3.61. The van der Waals surface area contributed by atoms with Gasteiger partial charge >= 0.3 is 10.3 Å². The van der Waals surface area contributed by atoms with Crippen molar-refractivity contribution in [3.05, 3.63) is 29.8 Å². The molecule has 5 nitrogen and oxygen atoms in total. The molecule has 0 spiro atoms. The van der Waals surface area contributed by atoms with E-state index in [-0.39, 0.29) is 6.61 Å². The Kier molecular flexibility index (Phi) is 3.96. The van der Waals surface area contributed by atoms with Crippen molar-refractivity contribution in [1.29, 1.82) is 0 Å². The van der Waals surface area contributed by atoms with E-state index in [0.29, 0.717) is 6.61 Å². The van der Waals surface area contributed by atoms with Gasteiger partial charge in [0, 0.05) is 5.33 Å². The van der Waals surface area contributed by atoms with Gasteiger partial charge in [-0.3, -0.25) is 4.18 Å². The van der Waals surface area contributed by atoms with Gasteiger partial charge in [0.05, 0.1) is 18.8 Å². The topological polar surface area (TPSA) is 64.6 Å². The van der Waals surface area contributed by atoms with Crippen molar-refractivity contribution in [2.75, 3.05) is 18.5 Å². The van der Waals surface area contributed by atoms with Crippen LogP contribution in [0.25, 0.3) is 0 Å². The summed E-state index contributed by atoms with van der Waals surface area (Å²) >= 11 is 3.28. The lowest BCUT2D eigenvalue weighted by Crippen LogP contribution is -2.37. The molecule has 1 saturated heterocycles. The van der Waals surface area contributed by atoms with Crippen molar-refractivity contribution in [2.45, 2.75) is 12.5 Å². The standard InChI is InChI=1S/C11H14BrNO4S/c1-11(8-17-18(14,15)13-11)9-2-4-10(5-3-9)16-7-6-12/h2-5,13H,6-8H2,1H3/t11-/m0/s1. The van der Waals surface area contributed by atoms with Crippen molar-refractivity contribution < 1.29 is 17.3 Å². The van der Waals surface area contributed by atoms with Crippen molar-refractivity contribution in [3.63, 3.8) is 0 Å². The maximum absolute atomic E-state index is 11.3. The zero-order valence-corrected chi connectivity index (χ0v) is 12.3. The van der Waals surface area contributed by atoms with Crippen LogP contribution in [-0.4, -0.2) is 27.0 Å². The molecule has 0 unspecified atom stereocenters. The van der Waals surface area contributed by atoms with E-state index in [1.807, 2.05) is 24.3 Å². The molecule has 0 aliphatic carbocycles. The molecule has 100 valence electrons. The first-order valence-corrected chi connectivity index (χ1v) is 7.96. The van der Waals surface area contributed by atoms with E-state index in [0.717, 1.165) is 16.6 Å². The minimum absolute atomic E-state index is 0.0942. The van der Waals surface area contributed by atoms with Crippen LogP contribution in [-0.2, 0) is 20.0 Å². The Morgan fingerprint density at radius 3 is 2.61 bits per heavy atom. The molecule has 1 aliphatic heterocycles. The highest BCUT2D eigenvalue weighted by Gasteiger charge is 2.40. The fourth-order valence-corrected chi connectivity index (χ4v) is 3.09. The minimum atomic E-state index is -3.61. The van der Waals surface area contributed by atoms with Crippen LogP contribution in [0.4, 0.5) is 0 Å². The predicted molar refractivity (Wildman–Crippen MR) is 71.1 cm³/mol. The van der Waals surface area contributed by atoms with Crippen molar-refractivity contribution in [3.8, 4) is 5.75 Å². The van der Waals surface area contributed by atoms with Crippen molar-refractivity contribution in [2.24, 2.45) is 0 Å². The van der Waals surface area contributed by atoms with Crippen LogP contribution in [0.15, 0.2) is 24.3 Å². The predicted octanol–water partition coefficient (Wildman–Crippen LogP) is 1.54. The van der Waals surface area contributed by atoms with Crippen LogP contribution in [0.3, 0.4) is 0 Å². The van der Waals surface area contributed by atoms with E-state index in [9.17, 15) is 8.42 Å². The molecule has 1 aromatic carbocycles. The normalized spacial score (nSPS) is 26.1. The number of hydrogen-bond acceptors (Lipinski definition) is 4. The first-order chi connectivity index (χ1) is 8.45. The van der Waals surface area contributed by atoms with Crippen LogP contribution >= 0.6 is 15.9 Å². The molecule has 1 N–H and O–H groups in total. The minimum Gasteiger partial charge on any atom is -0.493 e. The smallest absolute Gasteiger partial charge is 0.336 e. The summed E-state index contributed by atoms with van der Waals surface area (Å²) in [6.07, 6.45) is 0. The lowest BCUT2D eigenvalue weighted by atomic mass is 9.94. The third-order valence-corrected chi connectivity index (χ3v) is 4.14. The zero-order valence-electron chi connectivity index (χ0n) is 9.85. The third kappa shape index (κ3) is 3.03. The third-order valence-electron chi connectivity index (χ3n) is 2.69. The molecule has 0 radical (unpaired) electrons. The quantitative estimate of drug-likeness (QED) is 0.847. The molecule has 1 aromatic rings. The Balaban J connectivity index is 2.15. The first kappa shape index (κ1) is 13.8. The molecule has 0 aromatic heterocycles. The van der Waals surface area contributed by atoms with Gasteiger partial charge in [-0.15, -0.1) is 0 Å². The van der Waals surface area contributed by atoms with E-state index >= 15 is 0 Å². The fraction of sp³-hybridized carbons (Fsp3) is 0.455. The van der Waals surface area contributed by atoms with Gasteiger partial charge in [0.2, 0.25) is 0 Å². The highest BCUT2D eigenvalue weighted by molar-refractivity contribution is 9.09. The van der Waals surface area contributed by atoms with Gasteiger partial charge < -0.3 is 4.74 Å². The van der Waals surface area contributed by atoms with Crippen LogP contribution in [0.5, 0.6) is 5.75 Å². The molecule has 2 rings (SSSR count). The number of alkyl halides is 1. The van der Waals surface area contributed by atoms with Crippen molar-refractivity contribution in [1.82, 2.24) is 4.72 Å². The summed E-state index contributed by atoms with van der Waals surface area (Å²) in [5.74, 6) is 0.753. The zero-order chi connectivity index (χ0) is 13.2. The van der Waals surface area contributed by atoms with E-state index in [1.54, 1.807) is 6.92 Å². The van der Waals surface area contributed by atoms with Crippen LogP contribution < -0.4 is 9.46 Å². The summed E-state index contributed by atoms with van der Waals surface area (Å²) in [5.41, 5.74) is 0.127. The maximum Gasteiger partial charge on any atom is 0.336 e. The second-order valence-electron chi connectivity index (χ2n) is 4.21. The molecule has 0 bridgehead atoms. The monoisotopic (exact) mass is 335 g/mol. The molecule has 1 atom stereocenters. The maximum atomic E-state index is 11.3. The highest BCUT2D eigenvalue weighted by Crippen LogP contribution is 2.29. The lowest BCUT2D eigenvalue weighted by Gasteiger charge is -2.21. The largest absolute Gasteiger partial charge is 0.493 e. The second kappa shape index (κ2) is 5.16. The summed E-state index contributed by atoms with van der Waals surface area (Å²) in [6, 6.07) is 7.30. The molecule has 0 amide bonds. The van der Waals surface area contributed by atoms with Gasteiger partial charge in [0.1, 0.15) is 5.75 Å². The van der Waals surface area contributed by atoms with E-state index < -0.39 is 15.8 Å². The average Bonchev–Trinajstić information content (AvgIpc) is 2.63. The number of hydrogen-bond donors (Lipinski definition) is 1. The molecular weight excluding hydrogens is 322 g/mol. The molecule has 18 heavy (non-hydrogen) atoms. The summed E-state index contributed by atoms with van der Waals surface area (Å²) in [6.45, 7) is 2.47. The van der Waals surface area contributed by atoms with Gasteiger partial charge in [0.25, 0.3) is 0 Å². The average molecular weight is 336 g/mol. The number of benzene rings is 1. The molecule has 1 fully saturated rings. The number of ether oxygens (including phenoxy) is 1. The van der Waals surface area contributed by atoms with Gasteiger partial charge in [-0.2, -0.15) is 13.1 Å². The molecular formula is C11H14BrNO4S. The Morgan fingerprint density at radius 1 is 1.44 bits per heavy atom. The van der Waals surface area contributed by atoms with Gasteiger partial charge in [-0.25, -0.2) is 0 Å². The first-order valence-electron chi connectivity index (χ1n) is 5.43. The Hall–Kier alpha value is -0.630.